The van der Waals surface area contributed by atoms with Crippen LogP contribution < -0.4 is 16.0 Å². The lowest BCUT2D eigenvalue weighted by Gasteiger charge is -2.35. The maximum Gasteiger partial charge on any atom is 0.321 e. The molecular weight excluding hydrogens is 347 g/mol. The molecule has 1 heterocycles. The van der Waals surface area contributed by atoms with Crippen LogP contribution in [0.3, 0.4) is 0 Å². The fourth-order valence-corrected chi connectivity index (χ4v) is 3.15. The highest BCUT2D eigenvalue weighted by molar-refractivity contribution is 5.95. The number of piperazine rings is 1. The number of carbonyl (C=O) groups is 2. The second-order valence-corrected chi connectivity index (χ2v) is 6.46. The Bertz CT molecular complexity index is 785. The summed E-state index contributed by atoms with van der Waals surface area (Å²) in [6, 6.07) is 15.2. The molecule has 1 aliphatic rings. The molecule has 3 N–H and O–H groups in total. The van der Waals surface area contributed by atoms with Crippen LogP contribution in [0.1, 0.15) is 17.2 Å². The highest BCUT2D eigenvalue weighted by Gasteiger charge is 2.26. The minimum atomic E-state index is -0.527. The topological polar surface area (TPSA) is 73.5 Å². The van der Waals surface area contributed by atoms with Crippen molar-refractivity contribution in [1.29, 1.82) is 0 Å². The normalized spacial score (nSPS) is 17.3. The van der Waals surface area contributed by atoms with E-state index in [1.165, 1.54) is 12.1 Å². The van der Waals surface area contributed by atoms with Gasteiger partial charge in [0.1, 0.15) is 5.82 Å². The van der Waals surface area contributed by atoms with Crippen LogP contribution in [0.5, 0.6) is 0 Å². The Morgan fingerprint density at radius 2 is 1.96 bits per heavy atom. The average molecular weight is 370 g/mol. The van der Waals surface area contributed by atoms with E-state index in [4.69, 9.17) is 0 Å². The maximum absolute atomic E-state index is 13.5. The monoisotopic (exact) mass is 370 g/mol. The molecule has 0 spiro atoms. The van der Waals surface area contributed by atoms with E-state index in [1.807, 2.05) is 41.3 Å². The number of rotatable bonds is 5. The zero-order valence-electron chi connectivity index (χ0n) is 15.0. The summed E-state index contributed by atoms with van der Waals surface area (Å²) in [7, 11) is 0. The van der Waals surface area contributed by atoms with Crippen molar-refractivity contribution in [3.8, 4) is 0 Å². The fourth-order valence-electron chi connectivity index (χ4n) is 3.15. The van der Waals surface area contributed by atoms with Crippen molar-refractivity contribution in [3.63, 3.8) is 0 Å². The molecule has 7 heteroatoms. The molecule has 1 unspecified atom stereocenters. The van der Waals surface area contributed by atoms with Gasteiger partial charge in [-0.15, -0.1) is 0 Å². The van der Waals surface area contributed by atoms with Gasteiger partial charge in [0.2, 0.25) is 5.91 Å². The molecule has 0 saturated carbocycles. The second-order valence-electron chi connectivity index (χ2n) is 6.46. The van der Waals surface area contributed by atoms with E-state index < -0.39 is 6.03 Å². The highest BCUT2D eigenvalue weighted by Crippen LogP contribution is 2.22. The largest absolute Gasteiger partial charge is 0.334 e. The Morgan fingerprint density at radius 1 is 1.15 bits per heavy atom. The summed E-state index contributed by atoms with van der Waals surface area (Å²) in [5.74, 6) is -0.688. The Balaban J connectivity index is 1.53. The van der Waals surface area contributed by atoms with Crippen LogP contribution in [0.4, 0.5) is 9.18 Å². The fraction of sp³-hybridized carbons (Fsp3) is 0.300. The summed E-state index contributed by atoms with van der Waals surface area (Å²) in [4.78, 5) is 26.2. The van der Waals surface area contributed by atoms with Gasteiger partial charge >= 0.3 is 6.03 Å². The number of amides is 3. The minimum absolute atomic E-state index is 0.0710. The number of benzene rings is 2. The van der Waals surface area contributed by atoms with E-state index in [1.54, 1.807) is 6.07 Å². The number of halogens is 1. The number of nitrogens with zero attached hydrogens (tertiary/aromatic N) is 1. The number of imide groups is 1. The summed E-state index contributed by atoms with van der Waals surface area (Å²) in [5.41, 5.74) is 1.76. The van der Waals surface area contributed by atoms with E-state index in [2.05, 4.69) is 16.0 Å². The third-order valence-corrected chi connectivity index (χ3v) is 4.48. The van der Waals surface area contributed by atoms with E-state index in [9.17, 15) is 14.0 Å². The van der Waals surface area contributed by atoms with Crippen LogP contribution in [-0.2, 0) is 11.3 Å². The first-order valence-electron chi connectivity index (χ1n) is 8.93. The number of hydrogen-bond acceptors (Lipinski definition) is 4. The molecule has 1 atom stereocenters. The molecule has 0 radical (unpaired) electrons. The van der Waals surface area contributed by atoms with Gasteiger partial charge in [0.15, 0.2) is 0 Å². The van der Waals surface area contributed by atoms with Crippen molar-refractivity contribution in [2.24, 2.45) is 0 Å². The number of hydrogen-bond donors (Lipinski definition) is 3. The van der Waals surface area contributed by atoms with Crippen LogP contribution in [0.15, 0.2) is 54.6 Å². The standard InChI is InChI=1S/C20H23FN4O2/c21-17-8-4-7-16(11-17)18-13-22-9-10-25(18)14-19(26)24-20(27)23-12-15-5-2-1-3-6-15/h1-8,11,18,22H,9-10,12-14H2,(H2,23,24,26,27). The molecule has 1 saturated heterocycles. The van der Waals surface area contributed by atoms with Gasteiger partial charge in [0.05, 0.1) is 6.54 Å². The quantitative estimate of drug-likeness (QED) is 0.750. The van der Waals surface area contributed by atoms with Crippen molar-refractivity contribution in [1.82, 2.24) is 20.9 Å². The van der Waals surface area contributed by atoms with Gasteiger partial charge in [-0.1, -0.05) is 42.5 Å². The first-order valence-corrected chi connectivity index (χ1v) is 8.93. The van der Waals surface area contributed by atoms with Crippen LogP contribution in [0.2, 0.25) is 0 Å². The van der Waals surface area contributed by atoms with Gasteiger partial charge in [-0.25, -0.2) is 9.18 Å². The van der Waals surface area contributed by atoms with Crippen LogP contribution in [-0.4, -0.2) is 43.0 Å². The Hall–Kier alpha value is -2.77. The summed E-state index contributed by atoms with van der Waals surface area (Å²) < 4.78 is 13.5. The first-order chi connectivity index (χ1) is 13.1. The summed E-state index contributed by atoms with van der Waals surface area (Å²) in [6.45, 7) is 2.41. The van der Waals surface area contributed by atoms with Gasteiger partial charge in [-0.05, 0) is 23.3 Å². The van der Waals surface area contributed by atoms with Gasteiger partial charge in [-0.2, -0.15) is 0 Å². The van der Waals surface area contributed by atoms with Crippen molar-refractivity contribution >= 4 is 11.9 Å². The lowest BCUT2D eigenvalue weighted by atomic mass is 10.0. The van der Waals surface area contributed by atoms with E-state index in [0.717, 1.165) is 17.7 Å². The molecule has 3 amide bonds. The molecule has 142 valence electrons. The average Bonchev–Trinajstić information content (AvgIpc) is 2.67. The Morgan fingerprint density at radius 3 is 2.74 bits per heavy atom. The van der Waals surface area contributed by atoms with Crippen molar-refractivity contribution < 1.29 is 14.0 Å². The summed E-state index contributed by atoms with van der Waals surface area (Å²) >= 11 is 0. The number of carbonyl (C=O) groups excluding carboxylic acids is 2. The van der Waals surface area contributed by atoms with Crippen LogP contribution in [0, 0.1) is 5.82 Å². The van der Waals surface area contributed by atoms with E-state index in [-0.39, 0.29) is 24.3 Å². The summed E-state index contributed by atoms with van der Waals surface area (Å²) in [6.07, 6.45) is 0. The van der Waals surface area contributed by atoms with Gasteiger partial charge in [0.25, 0.3) is 0 Å². The highest BCUT2D eigenvalue weighted by atomic mass is 19.1. The first kappa shape index (κ1) is 19.0. The molecule has 0 aliphatic carbocycles. The summed E-state index contributed by atoms with van der Waals surface area (Å²) in [5, 5.41) is 8.28. The number of nitrogens with one attached hydrogen (secondary N) is 3. The minimum Gasteiger partial charge on any atom is -0.334 e. The Labute approximate surface area is 157 Å². The lowest BCUT2D eigenvalue weighted by molar-refractivity contribution is -0.122. The predicted molar refractivity (Wildman–Crippen MR) is 100 cm³/mol. The van der Waals surface area contributed by atoms with Crippen LogP contribution >= 0.6 is 0 Å². The molecule has 2 aromatic carbocycles. The third kappa shape index (κ3) is 5.60. The molecular formula is C20H23FN4O2. The molecule has 6 nitrogen and oxygen atoms in total. The molecule has 1 fully saturated rings. The lowest BCUT2D eigenvalue weighted by Crippen LogP contribution is -2.51. The molecule has 3 rings (SSSR count). The van der Waals surface area contributed by atoms with Crippen molar-refractivity contribution in [2.75, 3.05) is 26.2 Å². The number of urea groups is 1. The Kier molecular flexibility index (Phi) is 6.51. The smallest absolute Gasteiger partial charge is 0.321 e. The third-order valence-electron chi connectivity index (χ3n) is 4.48. The maximum atomic E-state index is 13.5. The van der Waals surface area contributed by atoms with Crippen molar-refractivity contribution in [2.45, 2.75) is 12.6 Å². The van der Waals surface area contributed by atoms with E-state index >= 15 is 0 Å². The molecule has 27 heavy (non-hydrogen) atoms. The van der Waals surface area contributed by atoms with Crippen molar-refractivity contribution in [3.05, 3.63) is 71.5 Å². The SMILES string of the molecule is O=C(CN1CCNCC1c1cccc(F)c1)NC(=O)NCc1ccccc1. The zero-order chi connectivity index (χ0) is 19.1. The van der Waals surface area contributed by atoms with Crippen LogP contribution in [0.25, 0.3) is 0 Å². The van der Waals surface area contributed by atoms with Gasteiger partial charge in [-0.3, -0.25) is 15.0 Å². The molecule has 1 aliphatic heterocycles. The van der Waals surface area contributed by atoms with E-state index in [0.29, 0.717) is 19.6 Å². The second kappa shape index (κ2) is 9.25. The molecule has 0 aromatic heterocycles. The van der Waals surface area contributed by atoms with Gasteiger partial charge in [0, 0.05) is 32.2 Å². The van der Waals surface area contributed by atoms with Gasteiger partial charge < -0.3 is 10.6 Å². The zero-order valence-corrected chi connectivity index (χ0v) is 15.0. The molecule has 0 bridgehead atoms. The predicted octanol–water partition coefficient (Wildman–Crippen LogP) is 1.80. The molecule has 2 aromatic rings.